The van der Waals surface area contributed by atoms with Gasteiger partial charge in [0.1, 0.15) is 0 Å². The van der Waals surface area contributed by atoms with Gasteiger partial charge >= 0.3 is 0 Å². The molecule has 0 spiro atoms. The molecule has 0 aromatic heterocycles. The van der Waals surface area contributed by atoms with Crippen LogP contribution in [0.3, 0.4) is 0 Å². The zero-order valence-electron chi connectivity index (χ0n) is 18.4. The molecule has 2 aliphatic heterocycles. The number of nitrogens with two attached hydrogens (primary N) is 1. The fraction of sp³-hybridized carbons (Fsp3) is 0.409. The smallest absolute Gasteiger partial charge is 0.220 e. The number of aliphatic imine (C=N–C) groups is 3. The predicted octanol–water partition coefficient (Wildman–Crippen LogP) is 3.14. The Kier molecular flexibility index (Phi) is 7.57. The van der Waals surface area contributed by atoms with Gasteiger partial charge in [0, 0.05) is 38.9 Å². The Balaban J connectivity index is 2.08. The Hall–Kier alpha value is -3.27. The Morgan fingerprint density at radius 1 is 1.19 bits per heavy atom. The highest BCUT2D eigenvalue weighted by atomic mass is 19.1. The summed E-state index contributed by atoms with van der Waals surface area (Å²) >= 11 is 0. The topological polar surface area (TPSA) is 94.0 Å². The SMILES string of the molecule is C=C/N=C(N)\N=C1/CC=C(c2c(F)c(OC)cc(OC)c2F)N=C1N1CCC(OC)CC1. The number of ether oxygens (including phenoxy) is 3. The molecule has 3 rings (SSSR count). The summed E-state index contributed by atoms with van der Waals surface area (Å²) in [5.74, 6) is -1.48. The zero-order valence-corrected chi connectivity index (χ0v) is 18.4. The molecule has 10 heteroatoms. The second-order valence-electron chi connectivity index (χ2n) is 7.16. The monoisotopic (exact) mass is 447 g/mol. The lowest BCUT2D eigenvalue weighted by Crippen LogP contribution is -2.44. The van der Waals surface area contributed by atoms with Crippen LogP contribution < -0.4 is 15.2 Å². The van der Waals surface area contributed by atoms with Crippen molar-refractivity contribution in [3.05, 3.63) is 42.1 Å². The van der Waals surface area contributed by atoms with E-state index < -0.39 is 11.6 Å². The first-order chi connectivity index (χ1) is 15.4. The number of amidine groups is 1. The summed E-state index contributed by atoms with van der Waals surface area (Å²) in [6, 6.07) is 1.16. The minimum Gasteiger partial charge on any atom is -0.494 e. The molecule has 32 heavy (non-hydrogen) atoms. The fourth-order valence-electron chi connectivity index (χ4n) is 3.69. The molecule has 1 saturated heterocycles. The minimum absolute atomic E-state index is 0.0201. The summed E-state index contributed by atoms with van der Waals surface area (Å²) in [6.45, 7) is 4.81. The molecule has 172 valence electrons. The third kappa shape index (κ3) is 4.80. The van der Waals surface area contributed by atoms with Crippen molar-refractivity contribution in [1.82, 2.24) is 4.90 Å². The lowest BCUT2D eigenvalue weighted by Gasteiger charge is -2.35. The van der Waals surface area contributed by atoms with Gasteiger partial charge in [0.25, 0.3) is 0 Å². The van der Waals surface area contributed by atoms with Gasteiger partial charge in [-0.05, 0) is 12.8 Å². The van der Waals surface area contributed by atoms with E-state index in [1.165, 1.54) is 20.4 Å². The minimum atomic E-state index is -0.855. The second-order valence-corrected chi connectivity index (χ2v) is 7.16. The molecule has 2 N–H and O–H groups in total. The van der Waals surface area contributed by atoms with Gasteiger partial charge in [-0.15, -0.1) is 0 Å². The number of piperidine rings is 1. The molecule has 2 aliphatic rings. The van der Waals surface area contributed by atoms with Crippen molar-refractivity contribution in [1.29, 1.82) is 0 Å². The predicted molar refractivity (Wildman–Crippen MR) is 120 cm³/mol. The number of guanidine groups is 1. The first kappa shape index (κ1) is 23.4. The molecule has 0 bridgehead atoms. The molecule has 0 atom stereocenters. The van der Waals surface area contributed by atoms with Crippen LogP contribution in [-0.4, -0.2) is 62.9 Å². The summed E-state index contributed by atoms with van der Waals surface area (Å²) in [6.07, 6.45) is 4.85. The Labute approximate surface area is 185 Å². The number of nitrogens with zero attached hydrogens (tertiary/aromatic N) is 4. The van der Waals surface area contributed by atoms with E-state index in [1.54, 1.807) is 13.2 Å². The van der Waals surface area contributed by atoms with Crippen molar-refractivity contribution in [3.8, 4) is 11.5 Å². The van der Waals surface area contributed by atoms with E-state index in [0.717, 1.165) is 18.9 Å². The van der Waals surface area contributed by atoms with Crippen LogP contribution in [0.2, 0.25) is 0 Å². The van der Waals surface area contributed by atoms with E-state index in [0.29, 0.717) is 24.6 Å². The van der Waals surface area contributed by atoms with E-state index >= 15 is 8.78 Å². The summed E-state index contributed by atoms with van der Waals surface area (Å²) < 4.78 is 45.7. The molecular formula is C22H27F2N5O3. The number of likely N-dealkylation sites (tertiary alicyclic amines) is 1. The van der Waals surface area contributed by atoms with E-state index in [9.17, 15) is 0 Å². The molecule has 1 fully saturated rings. The molecule has 0 aliphatic carbocycles. The van der Waals surface area contributed by atoms with Crippen LogP contribution in [0.25, 0.3) is 5.70 Å². The van der Waals surface area contributed by atoms with Crippen molar-refractivity contribution in [2.45, 2.75) is 25.4 Å². The first-order valence-corrected chi connectivity index (χ1v) is 10.1. The molecule has 0 radical (unpaired) electrons. The van der Waals surface area contributed by atoms with Crippen LogP contribution in [0.4, 0.5) is 8.78 Å². The van der Waals surface area contributed by atoms with Crippen LogP contribution in [0.1, 0.15) is 24.8 Å². The van der Waals surface area contributed by atoms with Crippen LogP contribution in [0.5, 0.6) is 11.5 Å². The van der Waals surface area contributed by atoms with Gasteiger partial charge in [-0.1, -0.05) is 12.7 Å². The van der Waals surface area contributed by atoms with Crippen molar-refractivity contribution >= 4 is 23.2 Å². The van der Waals surface area contributed by atoms with Crippen LogP contribution in [0, 0.1) is 11.6 Å². The fourth-order valence-corrected chi connectivity index (χ4v) is 3.69. The van der Waals surface area contributed by atoms with Crippen LogP contribution in [0.15, 0.2) is 39.9 Å². The molecule has 1 aromatic rings. The van der Waals surface area contributed by atoms with Gasteiger partial charge in [0.05, 0.1) is 37.3 Å². The zero-order chi connectivity index (χ0) is 23.3. The number of hydrogen-bond donors (Lipinski definition) is 1. The van der Waals surface area contributed by atoms with E-state index in [2.05, 4.69) is 21.6 Å². The quantitative estimate of drug-likeness (QED) is 0.553. The lowest BCUT2D eigenvalue weighted by molar-refractivity contribution is 0.0582. The average molecular weight is 447 g/mol. The molecule has 0 amide bonds. The highest BCUT2D eigenvalue weighted by molar-refractivity contribution is 6.44. The number of allylic oxidation sites excluding steroid dienone is 1. The maximum atomic E-state index is 15.1. The number of rotatable bonds is 5. The van der Waals surface area contributed by atoms with Crippen molar-refractivity contribution in [2.75, 3.05) is 34.4 Å². The van der Waals surface area contributed by atoms with E-state index in [-0.39, 0.29) is 41.2 Å². The summed E-state index contributed by atoms with van der Waals surface area (Å²) in [5, 5.41) is 0. The first-order valence-electron chi connectivity index (χ1n) is 10.1. The van der Waals surface area contributed by atoms with Gasteiger partial charge in [0.15, 0.2) is 29.0 Å². The maximum absolute atomic E-state index is 15.1. The molecular weight excluding hydrogens is 420 g/mol. The molecule has 0 unspecified atom stereocenters. The van der Waals surface area contributed by atoms with Crippen molar-refractivity contribution in [2.24, 2.45) is 20.7 Å². The largest absolute Gasteiger partial charge is 0.494 e. The third-order valence-electron chi connectivity index (χ3n) is 5.35. The average Bonchev–Trinajstić information content (AvgIpc) is 2.80. The Morgan fingerprint density at radius 2 is 1.81 bits per heavy atom. The van der Waals surface area contributed by atoms with Gasteiger partial charge < -0.3 is 24.8 Å². The normalized spacial score (nSPS) is 19.0. The summed E-state index contributed by atoms with van der Waals surface area (Å²) in [4.78, 5) is 14.8. The van der Waals surface area contributed by atoms with Gasteiger partial charge in [-0.2, -0.15) is 0 Å². The van der Waals surface area contributed by atoms with Gasteiger partial charge in [-0.25, -0.2) is 23.8 Å². The van der Waals surface area contributed by atoms with Crippen LogP contribution >= 0.6 is 0 Å². The van der Waals surface area contributed by atoms with Crippen LogP contribution in [-0.2, 0) is 4.74 Å². The molecule has 8 nitrogen and oxygen atoms in total. The number of hydrogen-bond acceptors (Lipinski definition) is 6. The standard InChI is InChI=1S/C22H27F2N5O3/c1-5-26-22(25)28-15-7-6-14(27-21(15)29-10-8-13(30-2)9-11-29)18-19(23)16(31-3)12-17(32-4)20(18)24/h5-6,12-13H,1,7-11H2,2-4H3,(H2,25,26)/b28-15+. The molecule has 1 aromatic carbocycles. The molecule has 0 saturated carbocycles. The third-order valence-corrected chi connectivity index (χ3v) is 5.35. The highest BCUT2D eigenvalue weighted by Gasteiger charge is 2.29. The van der Waals surface area contributed by atoms with Crippen molar-refractivity contribution in [3.63, 3.8) is 0 Å². The second kappa shape index (κ2) is 10.4. The summed E-state index contributed by atoms with van der Waals surface area (Å²) in [7, 11) is 4.28. The number of benzene rings is 1. The van der Waals surface area contributed by atoms with E-state index in [4.69, 9.17) is 19.9 Å². The number of halogens is 2. The highest BCUT2D eigenvalue weighted by Crippen LogP contribution is 2.37. The Morgan fingerprint density at radius 3 is 2.34 bits per heavy atom. The lowest BCUT2D eigenvalue weighted by atomic mass is 10.0. The van der Waals surface area contributed by atoms with Gasteiger partial charge in [-0.3, -0.25) is 0 Å². The Bertz CT molecular complexity index is 968. The molecule has 2 heterocycles. The maximum Gasteiger partial charge on any atom is 0.220 e. The summed E-state index contributed by atoms with van der Waals surface area (Å²) in [5.41, 5.74) is 6.19. The van der Waals surface area contributed by atoms with E-state index in [1.807, 2.05) is 4.90 Å². The van der Waals surface area contributed by atoms with Gasteiger partial charge in [0.2, 0.25) is 5.96 Å². The number of methoxy groups -OCH3 is 3. The van der Waals surface area contributed by atoms with Crippen molar-refractivity contribution < 1.29 is 23.0 Å².